The largest absolute Gasteiger partial charge is 0.361 e. The third-order valence-corrected chi connectivity index (χ3v) is 4.84. The Morgan fingerprint density at radius 2 is 1.57 bits per heavy atom. The predicted octanol–water partition coefficient (Wildman–Crippen LogP) is 4.89. The Morgan fingerprint density at radius 3 is 2.37 bits per heavy atom. The van der Waals surface area contributed by atoms with Crippen molar-refractivity contribution in [3.63, 3.8) is 0 Å². The van der Waals surface area contributed by atoms with Gasteiger partial charge in [0.2, 0.25) is 0 Å². The summed E-state index contributed by atoms with van der Waals surface area (Å²) in [7, 11) is 0. The number of carbonyl (C=O) groups excluding carboxylic acids is 2. The number of aryl methyl sites for hydroxylation is 1. The zero-order chi connectivity index (χ0) is 20.9. The van der Waals surface area contributed by atoms with Gasteiger partial charge in [0.1, 0.15) is 5.70 Å². The van der Waals surface area contributed by atoms with Crippen molar-refractivity contribution in [2.75, 3.05) is 5.32 Å². The highest BCUT2D eigenvalue weighted by atomic mass is 16.2. The van der Waals surface area contributed by atoms with Gasteiger partial charge in [-0.15, -0.1) is 0 Å². The molecule has 4 rings (SSSR count). The average Bonchev–Trinajstić information content (AvgIpc) is 3.18. The number of fused-ring (bicyclic) bond motifs is 1. The van der Waals surface area contributed by atoms with Crippen LogP contribution in [-0.4, -0.2) is 16.8 Å². The molecule has 4 aromatic rings. The highest BCUT2D eigenvalue weighted by Gasteiger charge is 2.16. The van der Waals surface area contributed by atoms with E-state index in [2.05, 4.69) is 15.6 Å². The molecule has 3 aromatic carbocycles. The Balaban J connectivity index is 1.69. The highest BCUT2D eigenvalue weighted by Crippen LogP contribution is 2.21. The van der Waals surface area contributed by atoms with Crippen LogP contribution in [-0.2, 0) is 4.79 Å². The first-order valence-electron chi connectivity index (χ1n) is 9.63. The van der Waals surface area contributed by atoms with E-state index >= 15 is 0 Å². The monoisotopic (exact) mass is 395 g/mol. The molecular formula is C25H21N3O2. The number of nitrogens with one attached hydrogen (secondary N) is 3. The van der Waals surface area contributed by atoms with Crippen molar-refractivity contribution in [3.05, 3.63) is 107 Å². The number of amides is 2. The lowest BCUT2D eigenvalue weighted by Gasteiger charge is -2.12. The van der Waals surface area contributed by atoms with Crippen molar-refractivity contribution in [3.8, 4) is 0 Å². The van der Waals surface area contributed by atoms with Crippen molar-refractivity contribution >= 4 is 34.5 Å². The van der Waals surface area contributed by atoms with Crippen LogP contribution in [0.1, 0.15) is 21.5 Å². The van der Waals surface area contributed by atoms with Gasteiger partial charge in [-0.1, -0.05) is 54.6 Å². The minimum absolute atomic E-state index is 0.164. The molecule has 0 radical (unpaired) electrons. The van der Waals surface area contributed by atoms with E-state index in [9.17, 15) is 9.59 Å². The van der Waals surface area contributed by atoms with Crippen LogP contribution in [0.25, 0.3) is 17.0 Å². The average molecular weight is 395 g/mol. The third-order valence-electron chi connectivity index (χ3n) is 4.84. The molecule has 0 saturated heterocycles. The van der Waals surface area contributed by atoms with Crippen LogP contribution >= 0.6 is 0 Å². The van der Waals surface area contributed by atoms with Gasteiger partial charge in [0.15, 0.2) is 0 Å². The molecule has 2 amide bonds. The van der Waals surface area contributed by atoms with Crippen LogP contribution in [0.2, 0.25) is 0 Å². The summed E-state index contributed by atoms with van der Waals surface area (Å²) in [4.78, 5) is 29.0. The smallest absolute Gasteiger partial charge is 0.272 e. The van der Waals surface area contributed by atoms with Crippen molar-refractivity contribution in [1.29, 1.82) is 0 Å². The van der Waals surface area contributed by atoms with Gasteiger partial charge in [-0.3, -0.25) is 9.59 Å². The Morgan fingerprint density at radius 1 is 0.867 bits per heavy atom. The lowest BCUT2D eigenvalue weighted by molar-refractivity contribution is -0.113. The summed E-state index contributed by atoms with van der Waals surface area (Å²) in [6, 6.07) is 24.1. The second kappa shape index (κ2) is 8.49. The zero-order valence-corrected chi connectivity index (χ0v) is 16.5. The Labute approximate surface area is 174 Å². The van der Waals surface area contributed by atoms with Crippen molar-refractivity contribution < 1.29 is 9.59 Å². The van der Waals surface area contributed by atoms with Crippen LogP contribution in [0.4, 0.5) is 5.69 Å². The fraction of sp³-hybridized carbons (Fsp3) is 0.0400. The van der Waals surface area contributed by atoms with E-state index in [1.165, 1.54) is 0 Å². The Hall–Kier alpha value is -4.12. The number of aromatic amines is 1. The summed E-state index contributed by atoms with van der Waals surface area (Å²) >= 11 is 0. The summed E-state index contributed by atoms with van der Waals surface area (Å²) in [6.07, 6.45) is 3.51. The molecule has 0 aliphatic rings. The lowest BCUT2D eigenvalue weighted by atomic mass is 10.1. The molecule has 0 spiro atoms. The van der Waals surface area contributed by atoms with Crippen molar-refractivity contribution in [1.82, 2.24) is 10.3 Å². The van der Waals surface area contributed by atoms with Gasteiger partial charge >= 0.3 is 0 Å². The number of rotatable bonds is 5. The van der Waals surface area contributed by atoms with Gasteiger partial charge < -0.3 is 15.6 Å². The molecule has 0 aliphatic heterocycles. The molecule has 0 aliphatic carbocycles. The maximum atomic E-state index is 13.1. The SMILES string of the molecule is Cc1ccccc1NC(=O)/C(=C/c1c[nH]c2ccccc12)NC(=O)c1ccccc1. The number of carbonyl (C=O) groups is 2. The van der Waals surface area contributed by atoms with Gasteiger partial charge in [-0.2, -0.15) is 0 Å². The number of hydrogen-bond donors (Lipinski definition) is 3. The van der Waals surface area contributed by atoms with E-state index in [1.807, 2.05) is 67.7 Å². The maximum Gasteiger partial charge on any atom is 0.272 e. The number of hydrogen-bond acceptors (Lipinski definition) is 2. The van der Waals surface area contributed by atoms with Crippen LogP contribution in [0, 0.1) is 6.92 Å². The number of benzene rings is 3. The summed E-state index contributed by atoms with van der Waals surface area (Å²) < 4.78 is 0. The molecule has 0 saturated carbocycles. The van der Waals surface area contributed by atoms with E-state index in [4.69, 9.17) is 0 Å². The minimum Gasteiger partial charge on any atom is -0.361 e. The highest BCUT2D eigenvalue weighted by molar-refractivity contribution is 6.11. The van der Waals surface area contributed by atoms with E-state index in [-0.39, 0.29) is 17.5 Å². The molecule has 1 aromatic heterocycles. The predicted molar refractivity (Wildman–Crippen MR) is 120 cm³/mol. The summed E-state index contributed by atoms with van der Waals surface area (Å²) in [5, 5.41) is 6.63. The van der Waals surface area contributed by atoms with Crippen molar-refractivity contribution in [2.45, 2.75) is 6.92 Å². The van der Waals surface area contributed by atoms with Crippen LogP contribution in [0.3, 0.4) is 0 Å². The quantitative estimate of drug-likeness (QED) is 0.421. The second-order valence-electron chi connectivity index (χ2n) is 6.94. The lowest BCUT2D eigenvalue weighted by Crippen LogP contribution is -2.30. The first-order chi connectivity index (χ1) is 14.6. The molecule has 0 bridgehead atoms. The number of anilines is 1. The molecule has 30 heavy (non-hydrogen) atoms. The standard InChI is InChI=1S/C25H21N3O2/c1-17-9-5-7-13-21(17)27-25(30)23(28-24(29)18-10-3-2-4-11-18)15-19-16-26-22-14-8-6-12-20(19)22/h2-16,26H,1H3,(H,27,30)(H,28,29)/b23-15-. The second-order valence-corrected chi connectivity index (χ2v) is 6.94. The molecule has 0 atom stereocenters. The number of para-hydroxylation sites is 2. The first kappa shape index (κ1) is 19.2. The molecule has 3 N–H and O–H groups in total. The fourth-order valence-corrected chi connectivity index (χ4v) is 3.21. The molecule has 0 fully saturated rings. The van der Waals surface area contributed by atoms with Gasteiger partial charge in [0.25, 0.3) is 11.8 Å². The minimum atomic E-state index is -0.390. The van der Waals surface area contributed by atoms with E-state index in [0.717, 1.165) is 22.0 Å². The Bertz CT molecular complexity index is 1240. The molecular weight excluding hydrogens is 374 g/mol. The maximum absolute atomic E-state index is 13.1. The normalized spacial score (nSPS) is 11.3. The van der Waals surface area contributed by atoms with Crippen LogP contribution in [0.15, 0.2) is 90.8 Å². The summed E-state index contributed by atoms with van der Waals surface area (Å²) in [5.41, 5.74) is 4.04. The van der Waals surface area contributed by atoms with E-state index in [0.29, 0.717) is 11.3 Å². The van der Waals surface area contributed by atoms with Gasteiger partial charge in [-0.25, -0.2) is 0 Å². The summed E-state index contributed by atoms with van der Waals surface area (Å²) in [6.45, 7) is 1.92. The number of aromatic nitrogens is 1. The fourth-order valence-electron chi connectivity index (χ4n) is 3.21. The Kier molecular flexibility index (Phi) is 5.44. The molecule has 5 nitrogen and oxygen atoms in total. The van der Waals surface area contributed by atoms with E-state index < -0.39 is 0 Å². The van der Waals surface area contributed by atoms with Gasteiger partial charge in [0, 0.05) is 33.9 Å². The van der Waals surface area contributed by atoms with Crippen LogP contribution in [0.5, 0.6) is 0 Å². The zero-order valence-electron chi connectivity index (χ0n) is 16.5. The summed E-state index contributed by atoms with van der Waals surface area (Å²) in [5.74, 6) is -0.736. The van der Waals surface area contributed by atoms with E-state index in [1.54, 1.807) is 30.3 Å². The van der Waals surface area contributed by atoms with Gasteiger partial charge in [0.05, 0.1) is 0 Å². The first-order valence-corrected chi connectivity index (χ1v) is 9.63. The molecule has 0 unspecified atom stereocenters. The number of H-pyrrole nitrogens is 1. The molecule has 148 valence electrons. The van der Waals surface area contributed by atoms with Crippen LogP contribution < -0.4 is 10.6 Å². The molecule has 1 heterocycles. The third kappa shape index (κ3) is 4.15. The molecule has 5 heteroatoms. The topological polar surface area (TPSA) is 74.0 Å². The van der Waals surface area contributed by atoms with Gasteiger partial charge in [-0.05, 0) is 42.8 Å². The van der Waals surface area contributed by atoms with Crippen molar-refractivity contribution in [2.24, 2.45) is 0 Å².